The van der Waals surface area contributed by atoms with Crippen LogP contribution in [0, 0.1) is 13.8 Å². The number of aliphatic hydroxyl groups excluding tert-OH is 1. The largest absolute Gasteiger partial charge is 0.395 e. The number of pyridine rings is 1. The van der Waals surface area contributed by atoms with Crippen molar-refractivity contribution in [3.05, 3.63) is 52.8 Å². The van der Waals surface area contributed by atoms with Gasteiger partial charge in [0.05, 0.1) is 18.8 Å². The van der Waals surface area contributed by atoms with Crippen molar-refractivity contribution in [3.63, 3.8) is 0 Å². The maximum absolute atomic E-state index is 12.9. The molecule has 0 radical (unpaired) electrons. The molecule has 2 saturated heterocycles. The third kappa shape index (κ3) is 4.94. The molecule has 3 aromatic rings. The van der Waals surface area contributed by atoms with Crippen LogP contribution in [0.2, 0.25) is 0 Å². The normalized spacial score (nSPS) is 19.6. The smallest absolute Gasteiger partial charge is 0.236 e. The molecule has 2 aromatic heterocycles. The number of aromatic amines is 1. The van der Waals surface area contributed by atoms with Crippen molar-refractivity contribution in [3.8, 4) is 11.3 Å². The first-order valence-electron chi connectivity index (χ1n) is 13.6. The summed E-state index contributed by atoms with van der Waals surface area (Å²) in [6.45, 7) is 11.8. The molecule has 2 aliphatic rings. The van der Waals surface area contributed by atoms with Crippen molar-refractivity contribution >= 4 is 16.8 Å². The van der Waals surface area contributed by atoms with E-state index in [2.05, 4.69) is 72.9 Å². The van der Waals surface area contributed by atoms with Gasteiger partial charge in [-0.25, -0.2) is 0 Å². The van der Waals surface area contributed by atoms with Crippen molar-refractivity contribution in [1.82, 2.24) is 19.8 Å². The van der Waals surface area contributed by atoms with E-state index >= 15 is 0 Å². The third-order valence-electron chi connectivity index (χ3n) is 8.18. The van der Waals surface area contributed by atoms with E-state index in [0.717, 1.165) is 56.7 Å². The molecule has 6 heteroatoms. The molecule has 1 amide bonds. The predicted molar refractivity (Wildman–Crippen MR) is 145 cm³/mol. The number of amides is 1. The molecule has 36 heavy (non-hydrogen) atoms. The van der Waals surface area contributed by atoms with Gasteiger partial charge < -0.3 is 15.0 Å². The van der Waals surface area contributed by atoms with Crippen LogP contribution in [-0.2, 0) is 4.79 Å². The van der Waals surface area contributed by atoms with E-state index in [9.17, 15) is 9.90 Å². The van der Waals surface area contributed by atoms with Crippen molar-refractivity contribution < 1.29 is 9.90 Å². The van der Waals surface area contributed by atoms with Gasteiger partial charge in [0.1, 0.15) is 0 Å². The number of hydrogen-bond acceptors (Lipinski definition) is 4. The van der Waals surface area contributed by atoms with E-state index in [1.807, 2.05) is 4.90 Å². The van der Waals surface area contributed by atoms with Gasteiger partial charge in [-0.15, -0.1) is 0 Å². The van der Waals surface area contributed by atoms with Crippen LogP contribution in [0.5, 0.6) is 0 Å². The fourth-order valence-electron chi connectivity index (χ4n) is 6.34. The fraction of sp³-hybridized carbons (Fsp3) is 0.533. The van der Waals surface area contributed by atoms with Crippen LogP contribution in [0.4, 0.5) is 0 Å². The second kappa shape index (κ2) is 10.3. The Morgan fingerprint density at radius 1 is 1.08 bits per heavy atom. The molecule has 1 aromatic carbocycles. The summed E-state index contributed by atoms with van der Waals surface area (Å²) in [5, 5.41) is 10.9. The van der Waals surface area contributed by atoms with Crippen LogP contribution in [0.1, 0.15) is 73.9 Å². The molecule has 2 aliphatic heterocycles. The van der Waals surface area contributed by atoms with E-state index in [1.54, 1.807) is 0 Å². The second-order valence-electron chi connectivity index (χ2n) is 11.1. The van der Waals surface area contributed by atoms with Crippen molar-refractivity contribution in [2.75, 3.05) is 32.8 Å². The van der Waals surface area contributed by atoms with Gasteiger partial charge in [0.2, 0.25) is 5.91 Å². The quantitative estimate of drug-likeness (QED) is 0.504. The Morgan fingerprint density at radius 3 is 2.47 bits per heavy atom. The topological polar surface area (TPSA) is 72.5 Å². The van der Waals surface area contributed by atoms with E-state index in [4.69, 9.17) is 0 Å². The molecule has 0 bridgehead atoms. The number of nitrogens with one attached hydrogen (secondary N) is 1. The number of piperidine rings is 1. The van der Waals surface area contributed by atoms with Gasteiger partial charge in [0.15, 0.2) is 0 Å². The molecule has 4 heterocycles. The number of aliphatic hydroxyl groups is 1. The minimum absolute atomic E-state index is 0.150. The Bertz CT molecular complexity index is 1220. The lowest BCUT2D eigenvalue weighted by molar-refractivity contribution is -0.133. The zero-order valence-electron chi connectivity index (χ0n) is 22.2. The molecular weight excluding hydrogens is 448 g/mol. The molecule has 5 rings (SSSR count). The van der Waals surface area contributed by atoms with Crippen molar-refractivity contribution in [1.29, 1.82) is 0 Å². The van der Waals surface area contributed by atoms with Crippen LogP contribution in [0.3, 0.4) is 0 Å². The number of benzene rings is 1. The SMILES string of the molecule is Cc1cc(-c2[nH]c3ccc(C4CCN(C(=O)CN5CCC[C@@H]5CO)CC4)cc3c2C(C)C)cc(C)n1. The monoisotopic (exact) mass is 488 g/mol. The molecule has 192 valence electrons. The summed E-state index contributed by atoms with van der Waals surface area (Å²) in [6.07, 6.45) is 4.06. The number of aryl methyl sites for hydroxylation is 2. The summed E-state index contributed by atoms with van der Waals surface area (Å²) < 4.78 is 0. The highest BCUT2D eigenvalue weighted by Crippen LogP contribution is 2.38. The Balaban J connectivity index is 1.33. The molecule has 0 spiro atoms. The predicted octanol–water partition coefficient (Wildman–Crippen LogP) is 5.13. The van der Waals surface area contributed by atoms with Gasteiger partial charge in [0, 0.05) is 47.0 Å². The number of carbonyl (C=O) groups is 1. The lowest BCUT2D eigenvalue weighted by atomic mass is 9.87. The minimum atomic E-state index is 0.150. The second-order valence-corrected chi connectivity index (χ2v) is 11.1. The average Bonchev–Trinajstić information content (AvgIpc) is 3.47. The van der Waals surface area contributed by atoms with Gasteiger partial charge in [-0.2, -0.15) is 0 Å². The Kier molecular flexibility index (Phi) is 7.18. The molecule has 1 atom stereocenters. The standard InChI is InChI=1S/C30H40N4O2/c1-19(2)29-26-16-23(7-8-27(26)32-30(29)24-14-20(3)31-21(4)15-24)22-9-12-33(13-10-22)28(36)17-34-11-5-6-25(34)18-35/h7-8,14-16,19,22,25,32,35H,5-6,9-13,17-18H2,1-4H3/t25-/m1/s1. The summed E-state index contributed by atoms with van der Waals surface area (Å²) in [5.41, 5.74) is 8.41. The molecule has 2 N–H and O–H groups in total. The number of carbonyl (C=O) groups excluding carboxylic acids is 1. The van der Waals surface area contributed by atoms with Gasteiger partial charge in [-0.05, 0) is 93.3 Å². The number of rotatable bonds is 6. The van der Waals surface area contributed by atoms with E-state index < -0.39 is 0 Å². The average molecular weight is 489 g/mol. The summed E-state index contributed by atoms with van der Waals surface area (Å²) in [5.74, 6) is 1.08. The molecule has 2 fully saturated rings. The van der Waals surface area contributed by atoms with E-state index in [1.165, 1.54) is 33.3 Å². The van der Waals surface area contributed by atoms with Crippen molar-refractivity contribution in [2.45, 2.75) is 71.3 Å². The molecule has 0 unspecified atom stereocenters. The van der Waals surface area contributed by atoms with Crippen LogP contribution in [0.15, 0.2) is 30.3 Å². The highest BCUT2D eigenvalue weighted by Gasteiger charge is 2.30. The number of likely N-dealkylation sites (tertiary alicyclic amines) is 2. The number of fused-ring (bicyclic) bond motifs is 1. The molecule has 6 nitrogen and oxygen atoms in total. The fourth-order valence-corrected chi connectivity index (χ4v) is 6.34. The van der Waals surface area contributed by atoms with Crippen LogP contribution >= 0.6 is 0 Å². The lowest BCUT2D eigenvalue weighted by Gasteiger charge is -2.34. The number of hydrogen-bond donors (Lipinski definition) is 2. The van der Waals surface area contributed by atoms with Gasteiger partial charge in [-0.3, -0.25) is 14.7 Å². The number of H-pyrrole nitrogens is 1. The number of nitrogens with zero attached hydrogens (tertiary/aromatic N) is 3. The maximum atomic E-state index is 12.9. The van der Waals surface area contributed by atoms with E-state index in [0.29, 0.717) is 18.4 Å². The zero-order valence-corrected chi connectivity index (χ0v) is 22.2. The zero-order chi connectivity index (χ0) is 25.4. The van der Waals surface area contributed by atoms with Crippen LogP contribution in [-0.4, -0.2) is 69.6 Å². The summed E-state index contributed by atoms with van der Waals surface area (Å²) in [7, 11) is 0. The third-order valence-corrected chi connectivity index (χ3v) is 8.18. The molecule has 0 saturated carbocycles. The Labute approximate surface area is 214 Å². The lowest BCUT2D eigenvalue weighted by Crippen LogP contribution is -2.45. The molecule has 0 aliphatic carbocycles. The van der Waals surface area contributed by atoms with E-state index in [-0.39, 0.29) is 18.6 Å². The Hall–Kier alpha value is -2.70. The first-order valence-corrected chi connectivity index (χ1v) is 13.6. The summed E-state index contributed by atoms with van der Waals surface area (Å²) >= 11 is 0. The Morgan fingerprint density at radius 2 is 1.81 bits per heavy atom. The van der Waals surface area contributed by atoms with Gasteiger partial charge in [0.25, 0.3) is 0 Å². The highest BCUT2D eigenvalue weighted by molar-refractivity contribution is 5.92. The van der Waals surface area contributed by atoms with Gasteiger partial charge >= 0.3 is 0 Å². The van der Waals surface area contributed by atoms with Gasteiger partial charge in [-0.1, -0.05) is 19.9 Å². The summed E-state index contributed by atoms with van der Waals surface area (Å²) in [6, 6.07) is 11.4. The van der Waals surface area contributed by atoms with Crippen LogP contribution in [0.25, 0.3) is 22.2 Å². The molecular formula is C30H40N4O2. The minimum Gasteiger partial charge on any atom is -0.395 e. The maximum Gasteiger partial charge on any atom is 0.236 e. The van der Waals surface area contributed by atoms with Crippen LogP contribution < -0.4 is 0 Å². The summed E-state index contributed by atoms with van der Waals surface area (Å²) in [4.78, 5) is 25.4. The number of aromatic nitrogens is 2. The van der Waals surface area contributed by atoms with Crippen molar-refractivity contribution in [2.24, 2.45) is 0 Å². The highest BCUT2D eigenvalue weighted by atomic mass is 16.3. The first kappa shape index (κ1) is 25.0. The first-order chi connectivity index (χ1) is 17.3.